The highest BCUT2D eigenvalue weighted by Crippen LogP contribution is 2.32. The Bertz CT molecular complexity index is 996. The summed E-state index contributed by atoms with van der Waals surface area (Å²) in [5, 5.41) is 2.26. The highest BCUT2D eigenvalue weighted by Gasteiger charge is 2.34. The van der Waals surface area contributed by atoms with E-state index in [-0.39, 0.29) is 35.2 Å². The molecule has 1 heterocycles. The van der Waals surface area contributed by atoms with Crippen LogP contribution in [0.5, 0.6) is 5.75 Å². The van der Waals surface area contributed by atoms with Crippen molar-refractivity contribution in [3.63, 3.8) is 0 Å². The Kier molecular flexibility index (Phi) is 7.53. The van der Waals surface area contributed by atoms with E-state index in [2.05, 4.69) is 5.32 Å². The minimum Gasteiger partial charge on any atom is -0.497 e. The Labute approximate surface area is 181 Å². The van der Waals surface area contributed by atoms with Crippen LogP contribution in [-0.4, -0.2) is 47.9 Å². The van der Waals surface area contributed by atoms with Crippen molar-refractivity contribution >= 4 is 46.7 Å². The molecule has 2 aromatic carbocycles. The van der Waals surface area contributed by atoms with Gasteiger partial charge in [0.05, 0.1) is 17.8 Å². The zero-order valence-electron chi connectivity index (χ0n) is 16.1. The summed E-state index contributed by atoms with van der Waals surface area (Å²) in [7, 11) is 1.58. The first-order valence-corrected chi connectivity index (χ1v) is 10.8. The average molecular weight is 447 g/mol. The second-order valence-electron chi connectivity index (χ2n) is 6.17. The van der Waals surface area contributed by atoms with E-state index >= 15 is 0 Å². The Morgan fingerprint density at radius 3 is 2.80 bits per heavy atom. The molecular formula is C21H19FN2O4S2. The fourth-order valence-corrected chi connectivity index (χ4v) is 4.25. The maximum atomic E-state index is 13.8. The molecule has 30 heavy (non-hydrogen) atoms. The summed E-state index contributed by atoms with van der Waals surface area (Å²) in [6.45, 7) is 0.192. The molecular weight excluding hydrogens is 427 g/mol. The Balaban J connectivity index is 1.48. The number of nitrogens with one attached hydrogen (secondary N) is 1. The minimum absolute atomic E-state index is 0.0504. The topological polar surface area (TPSA) is 75.7 Å². The number of hydrogen-bond acceptors (Lipinski definition) is 6. The van der Waals surface area contributed by atoms with Crippen LogP contribution in [0, 0.1) is 5.82 Å². The molecule has 2 aromatic rings. The monoisotopic (exact) mass is 446 g/mol. The number of rotatable bonds is 8. The van der Waals surface area contributed by atoms with Gasteiger partial charge in [-0.25, -0.2) is 4.39 Å². The third kappa shape index (κ3) is 5.64. The van der Waals surface area contributed by atoms with Gasteiger partial charge in [-0.1, -0.05) is 24.3 Å². The van der Waals surface area contributed by atoms with Crippen LogP contribution >= 0.6 is 23.5 Å². The molecule has 1 saturated heterocycles. The smallest absolute Gasteiger partial charge is 0.293 e. The van der Waals surface area contributed by atoms with E-state index in [0.717, 1.165) is 21.6 Å². The van der Waals surface area contributed by atoms with E-state index < -0.39 is 17.0 Å². The van der Waals surface area contributed by atoms with Gasteiger partial charge in [-0.15, -0.1) is 11.8 Å². The molecule has 0 spiro atoms. The highest BCUT2D eigenvalue weighted by molar-refractivity contribution is 8.18. The standard InChI is InChI=1S/C21H19FN2O4S2/c1-28-15-6-4-7-16(12-15)29-13-19(25)23-9-10-24-20(26)18(30-21(24)27)11-14-5-2-3-8-17(14)22/h2-8,11-12H,9-10,13H2,1H3,(H,23,25)/b18-11-. The zero-order chi connectivity index (χ0) is 21.5. The lowest BCUT2D eigenvalue weighted by molar-refractivity contribution is -0.123. The SMILES string of the molecule is COc1cccc(SCC(=O)NCCN2C(=O)S/C(=C\c3ccccc3F)C2=O)c1. The van der Waals surface area contributed by atoms with Crippen LogP contribution < -0.4 is 10.1 Å². The number of methoxy groups -OCH3 is 1. The molecule has 3 rings (SSSR count). The summed E-state index contributed by atoms with van der Waals surface area (Å²) in [6, 6.07) is 13.4. The Hall–Kier alpha value is -2.78. The lowest BCUT2D eigenvalue weighted by Gasteiger charge is -2.13. The third-order valence-corrected chi connectivity index (χ3v) is 6.04. The molecule has 0 aromatic heterocycles. The number of benzene rings is 2. The Morgan fingerprint density at radius 1 is 1.23 bits per heavy atom. The average Bonchev–Trinajstić information content (AvgIpc) is 3.01. The van der Waals surface area contributed by atoms with Crippen LogP contribution in [0.25, 0.3) is 6.08 Å². The van der Waals surface area contributed by atoms with Gasteiger partial charge in [0.15, 0.2) is 0 Å². The molecule has 156 valence electrons. The quantitative estimate of drug-likeness (QED) is 0.491. The van der Waals surface area contributed by atoms with Crippen molar-refractivity contribution < 1.29 is 23.5 Å². The fourth-order valence-electron chi connectivity index (χ4n) is 2.62. The molecule has 9 heteroatoms. The van der Waals surface area contributed by atoms with Crippen molar-refractivity contribution in [2.75, 3.05) is 26.0 Å². The van der Waals surface area contributed by atoms with Crippen molar-refractivity contribution in [1.29, 1.82) is 0 Å². The molecule has 0 atom stereocenters. The summed E-state index contributed by atoms with van der Waals surface area (Å²) in [5.74, 6) is -0.263. The van der Waals surface area contributed by atoms with Crippen LogP contribution in [0.3, 0.4) is 0 Å². The summed E-state index contributed by atoms with van der Waals surface area (Å²) in [6.07, 6.45) is 1.36. The number of carbonyl (C=O) groups is 3. The number of ether oxygens (including phenoxy) is 1. The molecule has 3 amide bonds. The second-order valence-corrected chi connectivity index (χ2v) is 8.21. The molecule has 1 fully saturated rings. The molecule has 0 bridgehead atoms. The lowest BCUT2D eigenvalue weighted by atomic mass is 10.2. The summed E-state index contributed by atoms with van der Waals surface area (Å²) < 4.78 is 18.9. The largest absolute Gasteiger partial charge is 0.497 e. The van der Waals surface area contributed by atoms with Crippen molar-refractivity contribution in [2.45, 2.75) is 4.90 Å². The number of imide groups is 1. The number of carbonyl (C=O) groups excluding carboxylic acids is 3. The molecule has 0 radical (unpaired) electrons. The van der Waals surface area contributed by atoms with Gasteiger partial charge < -0.3 is 10.1 Å². The molecule has 1 N–H and O–H groups in total. The van der Waals surface area contributed by atoms with E-state index in [1.807, 2.05) is 24.3 Å². The molecule has 0 saturated carbocycles. The van der Waals surface area contributed by atoms with E-state index in [9.17, 15) is 18.8 Å². The van der Waals surface area contributed by atoms with Gasteiger partial charge in [0, 0.05) is 23.5 Å². The molecule has 0 aliphatic carbocycles. The van der Waals surface area contributed by atoms with Gasteiger partial charge in [0.25, 0.3) is 11.1 Å². The van der Waals surface area contributed by atoms with Crippen LogP contribution in [0.4, 0.5) is 9.18 Å². The maximum Gasteiger partial charge on any atom is 0.293 e. The van der Waals surface area contributed by atoms with Crippen molar-refractivity contribution in [3.8, 4) is 5.75 Å². The lowest BCUT2D eigenvalue weighted by Crippen LogP contribution is -2.37. The number of amides is 3. The second kappa shape index (κ2) is 10.3. The normalized spacial score (nSPS) is 15.0. The molecule has 1 aliphatic heterocycles. The number of thioether (sulfide) groups is 2. The van der Waals surface area contributed by atoms with Crippen molar-refractivity contribution in [3.05, 3.63) is 64.8 Å². The summed E-state index contributed by atoms with van der Waals surface area (Å²) >= 11 is 2.11. The van der Waals surface area contributed by atoms with Gasteiger partial charge in [-0.2, -0.15) is 0 Å². The first-order valence-electron chi connectivity index (χ1n) is 9.01. The van der Waals surface area contributed by atoms with Gasteiger partial charge in [-0.3, -0.25) is 19.3 Å². The molecule has 0 unspecified atom stereocenters. The predicted octanol–water partition coefficient (Wildman–Crippen LogP) is 3.78. The zero-order valence-corrected chi connectivity index (χ0v) is 17.7. The first kappa shape index (κ1) is 21.9. The highest BCUT2D eigenvalue weighted by atomic mass is 32.2. The third-order valence-electron chi connectivity index (χ3n) is 4.13. The van der Waals surface area contributed by atoms with E-state index in [4.69, 9.17) is 4.74 Å². The molecule has 6 nitrogen and oxygen atoms in total. The minimum atomic E-state index is -0.492. The van der Waals surface area contributed by atoms with E-state index in [1.54, 1.807) is 19.2 Å². The number of nitrogens with zero attached hydrogens (tertiary/aromatic N) is 1. The number of hydrogen-bond donors (Lipinski definition) is 1. The Morgan fingerprint density at radius 2 is 2.03 bits per heavy atom. The van der Waals surface area contributed by atoms with Gasteiger partial charge >= 0.3 is 0 Å². The number of halogens is 1. The van der Waals surface area contributed by atoms with Crippen LogP contribution in [0.2, 0.25) is 0 Å². The maximum absolute atomic E-state index is 13.8. The fraction of sp³-hybridized carbons (Fsp3) is 0.190. The van der Waals surface area contributed by atoms with Gasteiger partial charge in [0.1, 0.15) is 11.6 Å². The predicted molar refractivity (Wildman–Crippen MR) is 116 cm³/mol. The first-order chi connectivity index (χ1) is 14.5. The van der Waals surface area contributed by atoms with Crippen LogP contribution in [-0.2, 0) is 9.59 Å². The van der Waals surface area contributed by atoms with E-state index in [0.29, 0.717) is 5.75 Å². The van der Waals surface area contributed by atoms with E-state index in [1.165, 1.54) is 30.0 Å². The van der Waals surface area contributed by atoms with Crippen molar-refractivity contribution in [1.82, 2.24) is 10.2 Å². The summed E-state index contributed by atoms with van der Waals surface area (Å²) in [5.41, 5.74) is 0.242. The molecule has 1 aliphatic rings. The van der Waals surface area contributed by atoms with Crippen molar-refractivity contribution in [2.24, 2.45) is 0 Å². The van der Waals surface area contributed by atoms with Gasteiger partial charge in [0.2, 0.25) is 5.91 Å². The summed E-state index contributed by atoms with van der Waals surface area (Å²) in [4.78, 5) is 38.7. The van der Waals surface area contributed by atoms with Crippen LogP contribution in [0.15, 0.2) is 58.3 Å². The van der Waals surface area contributed by atoms with Gasteiger partial charge in [-0.05, 0) is 42.1 Å². The van der Waals surface area contributed by atoms with Crippen LogP contribution in [0.1, 0.15) is 5.56 Å².